The minimum absolute atomic E-state index is 0.00403. The number of hydrogen-bond acceptors (Lipinski definition) is 4. The molecule has 3 nitrogen and oxygen atoms in total. The van der Waals surface area contributed by atoms with Crippen LogP contribution in [0.4, 0.5) is 0 Å². The normalized spacial score (nSPS) is 9.89. The molecule has 0 fully saturated rings. The zero-order chi connectivity index (χ0) is 6.69. The van der Waals surface area contributed by atoms with Gasteiger partial charge < -0.3 is 9.63 Å². The van der Waals surface area contributed by atoms with Gasteiger partial charge in [-0.25, -0.2) is 0 Å². The molecule has 0 amide bonds. The number of aromatic hydroxyl groups is 1. The van der Waals surface area contributed by atoms with Crippen LogP contribution in [0.2, 0.25) is 0 Å². The van der Waals surface area contributed by atoms with Crippen molar-refractivity contribution in [1.82, 2.24) is 5.16 Å². The highest BCUT2D eigenvalue weighted by Crippen LogP contribution is 2.17. The zero-order valence-electron chi connectivity index (χ0n) is 5.00. The van der Waals surface area contributed by atoms with Crippen LogP contribution in [-0.2, 0) is 5.75 Å². The molecule has 1 N–H and O–H groups in total. The fourth-order valence-electron chi connectivity index (χ4n) is 0.505. The molecule has 0 saturated heterocycles. The van der Waals surface area contributed by atoms with Gasteiger partial charge in [0, 0.05) is 5.75 Å². The molecule has 0 bridgehead atoms. The quantitative estimate of drug-likeness (QED) is 0.680. The van der Waals surface area contributed by atoms with Crippen LogP contribution in [0.1, 0.15) is 5.56 Å². The molecule has 1 aromatic heterocycles. The zero-order valence-corrected chi connectivity index (χ0v) is 5.81. The van der Waals surface area contributed by atoms with Crippen LogP contribution >= 0.6 is 11.8 Å². The van der Waals surface area contributed by atoms with Crippen LogP contribution in [0.5, 0.6) is 5.88 Å². The highest BCUT2D eigenvalue weighted by Gasteiger charge is 2.02. The van der Waals surface area contributed by atoms with E-state index in [0.717, 1.165) is 11.3 Å². The predicted molar refractivity (Wildman–Crippen MR) is 35.4 cm³/mol. The molecule has 0 aromatic carbocycles. The van der Waals surface area contributed by atoms with E-state index in [-0.39, 0.29) is 5.88 Å². The molecule has 0 spiro atoms. The average Bonchev–Trinajstić information content (AvgIpc) is 2.18. The van der Waals surface area contributed by atoms with Crippen LogP contribution in [0.3, 0.4) is 0 Å². The fraction of sp³-hybridized carbons (Fsp3) is 0.400. The maximum atomic E-state index is 8.86. The van der Waals surface area contributed by atoms with Crippen molar-refractivity contribution in [3.63, 3.8) is 0 Å². The number of nitrogens with zero attached hydrogens (tertiary/aromatic N) is 1. The minimum Gasteiger partial charge on any atom is -0.491 e. The van der Waals surface area contributed by atoms with Crippen molar-refractivity contribution >= 4 is 11.8 Å². The van der Waals surface area contributed by atoms with E-state index in [1.54, 1.807) is 11.8 Å². The Morgan fingerprint density at radius 1 is 1.89 bits per heavy atom. The Balaban J connectivity index is 2.69. The average molecular weight is 145 g/mol. The second-order valence-electron chi connectivity index (χ2n) is 1.60. The maximum Gasteiger partial charge on any atom is 0.255 e. The van der Waals surface area contributed by atoms with Gasteiger partial charge in [0.25, 0.3) is 5.88 Å². The Hall–Kier alpha value is -0.640. The lowest BCUT2D eigenvalue weighted by molar-refractivity contribution is 0.359. The molecule has 0 saturated carbocycles. The van der Waals surface area contributed by atoms with Gasteiger partial charge >= 0.3 is 0 Å². The van der Waals surface area contributed by atoms with Crippen molar-refractivity contribution in [2.24, 2.45) is 0 Å². The van der Waals surface area contributed by atoms with E-state index in [4.69, 9.17) is 5.11 Å². The van der Waals surface area contributed by atoms with Gasteiger partial charge in [0.2, 0.25) is 0 Å². The molecule has 0 radical (unpaired) electrons. The van der Waals surface area contributed by atoms with Crippen LogP contribution in [0.15, 0.2) is 10.8 Å². The fourth-order valence-corrected chi connectivity index (χ4v) is 1.01. The first-order chi connectivity index (χ1) is 4.34. The first-order valence-electron chi connectivity index (χ1n) is 2.45. The Labute approximate surface area is 57.0 Å². The van der Waals surface area contributed by atoms with Crippen molar-refractivity contribution in [1.29, 1.82) is 0 Å². The summed E-state index contributed by atoms with van der Waals surface area (Å²) >= 11 is 1.61. The molecule has 0 unspecified atom stereocenters. The maximum absolute atomic E-state index is 8.86. The summed E-state index contributed by atoms with van der Waals surface area (Å²) in [7, 11) is 0. The largest absolute Gasteiger partial charge is 0.491 e. The summed E-state index contributed by atoms with van der Waals surface area (Å²) in [5.74, 6) is 0.749. The third-order valence-electron chi connectivity index (χ3n) is 0.921. The topological polar surface area (TPSA) is 46.3 Å². The summed E-state index contributed by atoms with van der Waals surface area (Å²) in [6, 6.07) is 0. The number of aromatic nitrogens is 1. The summed E-state index contributed by atoms with van der Waals surface area (Å²) < 4.78 is 4.48. The molecule has 1 heterocycles. The number of hydrogen-bond donors (Lipinski definition) is 1. The van der Waals surface area contributed by atoms with Crippen molar-refractivity contribution in [2.75, 3.05) is 6.26 Å². The third-order valence-corrected chi connectivity index (χ3v) is 1.52. The van der Waals surface area contributed by atoms with E-state index >= 15 is 0 Å². The number of rotatable bonds is 2. The van der Waals surface area contributed by atoms with E-state index in [1.807, 2.05) is 6.26 Å². The van der Waals surface area contributed by atoms with E-state index in [9.17, 15) is 0 Å². The molecule has 1 aromatic rings. The molecule has 0 aliphatic carbocycles. The van der Waals surface area contributed by atoms with Crippen LogP contribution in [0.25, 0.3) is 0 Å². The third kappa shape index (κ3) is 1.38. The van der Waals surface area contributed by atoms with E-state index in [0.29, 0.717) is 0 Å². The first kappa shape index (κ1) is 6.48. The van der Waals surface area contributed by atoms with Gasteiger partial charge in [-0.05, 0) is 11.4 Å². The molecule has 1 rings (SSSR count). The Morgan fingerprint density at radius 2 is 2.67 bits per heavy atom. The van der Waals surface area contributed by atoms with Crippen molar-refractivity contribution in [3.05, 3.63) is 11.8 Å². The summed E-state index contributed by atoms with van der Waals surface area (Å²) in [6.45, 7) is 0. The number of thioether (sulfide) groups is 1. The lowest BCUT2D eigenvalue weighted by Gasteiger charge is -1.87. The van der Waals surface area contributed by atoms with E-state index in [2.05, 4.69) is 9.68 Å². The molecule has 4 heteroatoms. The monoisotopic (exact) mass is 145 g/mol. The first-order valence-corrected chi connectivity index (χ1v) is 3.85. The van der Waals surface area contributed by atoms with Gasteiger partial charge in [-0.1, -0.05) is 0 Å². The Morgan fingerprint density at radius 3 is 3.11 bits per heavy atom. The standard InChI is InChI=1S/C5H7NO2S/c1-9-3-4-2-8-6-5(4)7/h2H,3H2,1H3,(H,6,7). The van der Waals surface area contributed by atoms with Gasteiger partial charge in [-0.15, -0.1) is 0 Å². The van der Waals surface area contributed by atoms with Crippen LogP contribution in [-0.4, -0.2) is 16.5 Å². The Bertz CT molecular complexity index is 187. The SMILES string of the molecule is CSCc1conc1O. The lowest BCUT2D eigenvalue weighted by Crippen LogP contribution is -1.73. The lowest BCUT2D eigenvalue weighted by atomic mass is 10.4. The van der Waals surface area contributed by atoms with Gasteiger partial charge in [0.05, 0.1) is 5.56 Å². The molecule has 50 valence electrons. The van der Waals surface area contributed by atoms with Gasteiger partial charge in [-0.2, -0.15) is 11.8 Å². The molecule has 9 heavy (non-hydrogen) atoms. The van der Waals surface area contributed by atoms with Crippen LogP contribution in [0, 0.1) is 0 Å². The second-order valence-corrected chi connectivity index (χ2v) is 2.46. The highest BCUT2D eigenvalue weighted by atomic mass is 32.2. The van der Waals surface area contributed by atoms with Gasteiger partial charge in [-0.3, -0.25) is 0 Å². The van der Waals surface area contributed by atoms with Gasteiger partial charge in [0.1, 0.15) is 6.26 Å². The predicted octanol–water partition coefficient (Wildman–Crippen LogP) is 1.24. The minimum atomic E-state index is 0.00403. The summed E-state index contributed by atoms with van der Waals surface area (Å²) in [4.78, 5) is 0. The summed E-state index contributed by atoms with van der Waals surface area (Å²) in [5.41, 5.74) is 0.752. The second kappa shape index (κ2) is 2.77. The van der Waals surface area contributed by atoms with E-state index < -0.39 is 0 Å². The molecule has 0 aliphatic heterocycles. The van der Waals surface area contributed by atoms with Gasteiger partial charge in [0.15, 0.2) is 0 Å². The van der Waals surface area contributed by atoms with E-state index in [1.165, 1.54) is 6.26 Å². The highest BCUT2D eigenvalue weighted by molar-refractivity contribution is 7.97. The summed E-state index contributed by atoms with van der Waals surface area (Å²) in [5, 5.41) is 12.2. The Kier molecular flexibility index (Phi) is 2.00. The van der Waals surface area contributed by atoms with Crippen molar-refractivity contribution in [3.8, 4) is 5.88 Å². The van der Waals surface area contributed by atoms with Crippen molar-refractivity contribution < 1.29 is 9.63 Å². The van der Waals surface area contributed by atoms with Crippen LogP contribution < -0.4 is 0 Å². The smallest absolute Gasteiger partial charge is 0.255 e. The molecule has 0 atom stereocenters. The summed E-state index contributed by atoms with van der Waals surface area (Å²) in [6.07, 6.45) is 3.40. The van der Waals surface area contributed by atoms with Crippen molar-refractivity contribution in [2.45, 2.75) is 5.75 Å². The molecular weight excluding hydrogens is 138 g/mol. The molecular formula is C5H7NO2S. The molecule has 0 aliphatic rings.